The molecule has 1 aromatic heterocycles. The van der Waals surface area contributed by atoms with Gasteiger partial charge < -0.3 is 19.2 Å². The molecule has 0 atom stereocenters. The third-order valence-corrected chi connectivity index (χ3v) is 6.58. The van der Waals surface area contributed by atoms with Gasteiger partial charge in [0.05, 0.1) is 38.6 Å². The number of aromatic nitrogens is 2. The van der Waals surface area contributed by atoms with Gasteiger partial charge in [-0.25, -0.2) is 26.3 Å². The van der Waals surface area contributed by atoms with Crippen LogP contribution in [0.1, 0.15) is 22.8 Å². The van der Waals surface area contributed by atoms with Gasteiger partial charge in [-0.2, -0.15) is 0 Å². The van der Waals surface area contributed by atoms with Crippen molar-refractivity contribution in [3.63, 3.8) is 0 Å². The Balaban J connectivity index is 0.00000533. The predicted octanol–water partition coefficient (Wildman–Crippen LogP) is -2.14. The van der Waals surface area contributed by atoms with Crippen LogP contribution in [0.2, 0.25) is 0 Å². The number of esters is 1. The van der Waals surface area contributed by atoms with Crippen LogP contribution in [0, 0.1) is 0 Å². The molecule has 3 aromatic rings. The summed E-state index contributed by atoms with van der Waals surface area (Å²) in [6.07, 6.45) is 0.935. The van der Waals surface area contributed by atoms with Crippen LogP contribution in [0.15, 0.2) is 69.9 Å². The Morgan fingerprint density at radius 3 is 2.18 bits per heavy atom. The molecular weight excluding hydrogens is 565 g/mol. The molecule has 202 valence electrons. The van der Waals surface area contributed by atoms with Crippen LogP contribution in [-0.4, -0.2) is 66.4 Å². The molecule has 0 aliphatic heterocycles. The number of rotatable bonds is 11. The van der Waals surface area contributed by atoms with Gasteiger partial charge in [0.1, 0.15) is 21.5 Å². The maximum absolute atomic E-state index is 13.3. The molecule has 0 spiro atoms. The minimum Gasteiger partial charge on any atom is -0.748 e. The third kappa shape index (κ3) is 8.47. The number of anilines is 1. The topological polar surface area (TPSA) is 208 Å². The van der Waals surface area contributed by atoms with Gasteiger partial charge in [0.15, 0.2) is 5.78 Å². The average molecular weight is 587 g/mol. The van der Waals surface area contributed by atoms with E-state index in [0.29, 0.717) is 5.69 Å². The predicted molar refractivity (Wildman–Crippen MR) is 133 cm³/mol. The van der Waals surface area contributed by atoms with Gasteiger partial charge in [-0.3, -0.25) is 14.7 Å². The van der Waals surface area contributed by atoms with Gasteiger partial charge in [0.2, 0.25) is 0 Å². The molecule has 0 saturated heterocycles. The largest absolute Gasteiger partial charge is 1.00 e. The van der Waals surface area contributed by atoms with Crippen molar-refractivity contribution >= 4 is 43.9 Å². The summed E-state index contributed by atoms with van der Waals surface area (Å²) < 4.78 is 72.7. The molecule has 0 fully saturated rings. The van der Waals surface area contributed by atoms with Crippen LogP contribution >= 0.6 is 0 Å². The summed E-state index contributed by atoms with van der Waals surface area (Å²) in [7, 11) is -9.37. The first-order chi connectivity index (χ1) is 17.8. The first-order valence-electron chi connectivity index (χ1n) is 10.9. The number of nitrogens with one attached hydrogen (secondary N) is 2. The van der Waals surface area contributed by atoms with Crippen LogP contribution < -0.4 is 40.4 Å². The van der Waals surface area contributed by atoms with E-state index in [2.05, 4.69) is 10.4 Å². The average Bonchev–Trinajstić information content (AvgIpc) is 3.16. The maximum Gasteiger partial charge on any atom is 1.00 e. The fourth-order valence-electron chi connectivity index (χ4n) is 3.28. The number of H-pyrrole nitrogens is 1. The van der Waals surface area contributed by atoms with Crippen molar-refractivity contribution in [2.24, 2.45) is 0 Å². The Kier molecular flexibility index (Phi) is 11.0. The molecule has 0 saturated carbocycles. The first kappa shape index (κ1) is 32.2. The summed E-state index contributed by atoms with van der Waals surface area (Å²) in [5.41, 5.74) is -1.41. The fourth-order valence-corrected chi connectivity index (χ4v) is 4.10. The van der Waals surface area contributed by atoms with Crippen LogP contribution in [0.4, 0.5) is 5.82 Å². The Morgan fingerprint density at radius 1 is 1.03 bits per heavy atom. The maximum atomic E-state index is 13.3. The molecule has 0 amide bonds. The van der Waals surface area contributed by atoms with Crippen LogP contribution in [-0.2, 0) is 29.8 Å². The second-order valence-electron chi connectivity index (χ2n) is 7.65. The summed E-state index contributed by atoms with van der Waals surface area (Å²) >= 11 is 0. The smallest absolute Gasteiger partial charge is 0.748 e. The van der Waals surface area contributed by atoms with E-state index in [1.807, 2.05) is 0 Å². The zero-order chi connectivity index (χ0) is 28.1. The van der Waals surface area contributed by atoms with Gasteiger partial charge >= 0.3 is 35.5 Å². The SMILES string of the molecule is CCOC(=O)/C(=C\c1c(NCCS(=O)(=O)[O-])[nH]n(-c2ccccc2)c1=O)C(=O)c1ccc(S(=O)(=O)[O-])cc1.[Na+]. The van der Waals surface area contributed by atoms with E-state index in [9.17, 15) is 40.3 Å². The third-order valence-electron chi connectivity index (χ3n) is 5.03. The molecule has 2 aromatic carbocycles. The molecule has 0 radical (unpaired) electrons. The monoisotopic (exact) mass is 586 g/mol. The molecule has 16 heteroatoms. The number of aromatic amines is 1. The van der Waals surface area contributed by atoms with E-state index in [1.54, 1.807) is 30.3 Å². The van der Waals surface area contributed by atoms with Crippen LogP contribution in [0.5, 0.6) is 0 Å². The molecule has 3 rings (SSSR count). The van der Waals surface area contributed by atoms with Crippen LogP contribution in [0.25, 0.3) is 11.8 Å². The number of carbonyl (C=O) groups is 2. The Morgan fingerprint density at radius 2 is 1.64 bits per heavy atom. The number of nitrogens with zero attached hydrogens (tertiary/aromatic N) is 1. The van der Waals surface area contributed by atoms with E-state index in [4.69, 9.17) is 4.74 Å². The molecule has 2 N–H and O–H groups in total. The number of benzene rings is 2. The molecule has 39 heavy (non-hydrogen) atoms. The van der Waals surface area contributed by atoms with Gasteiger partial charge in [0, 0.05) is 12.1 Å². The number of carbonyl (C=O) groups excluding carboxylic acids is 2. The van der Waals surface area contributed by atoms with Crippen molar-refractivity contribution in [1.29, 1.82) is 0 Å². The summed E-state index contributed by atoms with van der Waals surface area (Å²) in [6.45, 7) is 0.975. The zero-order valence-electron chi connectivity index (χ0n) is 20.7. The number of ketones is 1. The second-order valence-corrected chi connectivity index (χ2v) is 10.6. The van der Waals surface area contributed by atoms with E-state index in [-0.39, 0.29) is 53.1 Å². The molecule has 0 unspecified atom stereocenters. The molecule has 0 aliphatic carbocycles. The normalized spacial score (nSPS) is 11.9. The summed E-state index contributed by atoms with van der Waals surface area (Å²) in [4.78, 5) is 38.6. The van der Waals surface area contributed by atoms with E-state index < -0.39 is 60.3 Å². The van der Waals surface area contributed by atoms with Gasteiger partial charge in [-0.1, -0.05) is 18.2 Å². The molecule has 0 aliphatic rings. The quantitative estimate of drug-likeness (QED) is 0.0471. The Labute approximate surface area is 245 Å². The van der Waals surface area contributed by atoms with Gasteiger partial charge in [-0.05, 0) is 49.4 Å². The molecule has 13 nitrogen and oxygen atoms in total. The van der Waals surface area contributed by atoms with Crippen molar-refractivity contribution in [1.82, 2.24) is 9.78 Å². The zero-order valence-corrected chi connectivity index (χ0v) is 24.4. The summed E-state index contributed by atoms with van der Waals surface area (Å²) in [5.74, 6) is -2.95. The van der Waals surface area contributed by atoms with E-state index >= 15 is 0 Å². The van der Waals surface area contributed by atoms with Crippen molar-refractivity contribution in [3.05, 3.63) is 81.7 Å². The fraction of sp³-hybridized carbons (Fsp3) is 0.174. The number of hydrogen-bond acceptors (Lipinski definition) is 11. The van der Waals surface area contributed by atoms with E-state index in [1.165, 1.54) is 6.92 Å². The summed E-state index contributed by atoms with van der Waals surface area (Å²) in [6, 6.07) is 12.0. The van der Waals surface area contributed by atoms with E-state index in [0.717, 1.165) is 35.0 Å². The minimum atomic E-state index is -4.78. The van der Waals surface area contributed by atoms with Crippen molar-refractivity contribution < 1.29 is 69.8 Å². The number of Topliss-reactive ketones (excluding diaryl/α,β-unsaturated/α-hetero) is 1. The van der Waals surface area contributed by atoms with Crippen molar-refractivity contribution in [2.75, 3.05) is 24.2 Å². The molecule has 1 heterocycles. The minimum absolute atomic E-state index is 0. The first-order valence-corrected chi connectivity index (χ1v) is 13.9. The Bertz CT molecular complexity index is 1640. The summed E-state index contributed by atoms with van der Waals surface area (Å²) in [5, 5.41) is 5.33. The number of ether oxygens (including phenoxy) is 1. The second kappa shape index (κ2) is 13.3. The Hall–Kier alpha value is -3.05. The van der Waals surface area contributed by atoms with Gasteiger partial charge in [-0.15, -0.1) is 0 Å². The van der Waals surface area contributed by atoms with Crippen molar-refractivity contribution in [3.8, 4) is 5.69 Å². The standard InChI is InChI=1S/C23H23N3O10S2.Na/c1-2-36-23(29)18(20(27)15-8-10-17(11-9-15)38(33,34)35)14-19-21(24-12-13-37(30,31)32)25-26(22(19)28)16-6-4-3-5-7-16;/h3-11,14,24-25H,2,12-13H2,1H3,(H,30,31,32)(H,33,34,35);/q;+1/p-2/b18-14-;. The molecule has 0 bridgehead atoms. The van der Waals surface area contributed by atoms with Crippen LogP contribution in [0.3, 0.4) is 0 Å². The number of hydrogen-bond donors (Lipinski definition) is 2. The molecular formula is C23H21N3NaO10S2-. The van der Waals surface area contributed by atoms with Gasteiger partial charge in [0.25, 0.3) is 5.56 Å². The number of para-hydroxylation sites is 1. The van der Waals surface area contributed by atoms with Crippen molar-refractivity contribution in [2.45, 2.75) is 11.8 Å².